The molecular formula is C22H30ClN3O3. The summed E-state index contributed by atoms with van der Waals surface area (Å²) >= 11 is 6.23. The Morgan fingerprint density at radius 3 is 2.52 bits per heavy atom. The molecule has 0 aliphatic carbocycles. The number of aryl methyl sites for hydroxylation is 1. The molecule has 0 aliphatic rings. The highest BCUT2D eigenvalue weighted by atomic mass is 35.5. The van der Waals surface area contributed by atoms with Crippen LogP contribution in [0.4, 0.5) is 0 Å². The molecule has 1 aromatic carbocycles. The molecule has 2 amide bonds. The Kier molecular flexibility index (Phi) is 8.73. The molecule has 29 heavy (non-hydrogen) atoms. The minimum atomic E-state index is -0.233. The number of aromatic nitrogens is 1. The van der Waals surface area contributed by atoms with E-state index < -0.39 is 0 Å². The summed E-state index contributed by atoms with van der Waals surface area (Å²) in [4.78, 5) is 29.7. The van der Waals surface area contributed by atoms with Crippen LogP contribution in [0.3, 0.4) is 0 Å². The molecule has 6 nitrogen and oxygen atoms in total. The fourth-order valence-electron chi connectivity index (χ4n) is 3.03. The van der Waals surface area contributed by atoms with Crippen molar-refractivity contribution in [3.8, 4) is 0 Å². The third kappa shape index (κ3) is 6.08. The molecule has 1 heterocycles. The van der Waals surface area contributed by atoms with E-state index in [-0.39, 0.29) is 24.4 Å². The minimum absolute atomic E-state index is 0.00675. The predicted octanol–water partition coefficient (Wildman–Crippen LogP) is 3.59. The van der Waals surface area contributed by atoms with Gasteiger partial charge in [0.15, 0.2) is 0 Å². The van der Waals surface area contributed by atoms with Gasteiger partial charge >= 0.3 is 0 Å². The fraction of sp³-hybridized carbons (Fsp3) is 0.455. The van der Waals surface area contributed by atoms with Crippen LogP contribution in [0.1, 0.15) is 36.3 Å². The van der Waals surface area contributed by atoms with Gasteiger partial charge in [0.05, 0.1) is 23.7 Å². The number of nitrogens with zero attached hydrogens (tertiary/aromatic N) is 3. The first-order valence-electron chi connectivity index (χ1n) is 9.81. The summed E-state index contributed by atoms with van der Waals surface area (Å²) in [6.07, 6.45) is 2.68. The number of carbonyl (C=O) groups excluding carboxylic acids is 2. The average Bonchev–Trinajstić information content (AvgIpc) is 3.12. The van der Waals surface area contributed by atoms with Crippen LogP contribution in [-0.2, 0) is 23.1 Å². The van der Waals surface area contributed by atoms with Crippen molar-refractivity contribution in [2.45, 2.75) is 32.9 Å². The summed E-state index contributed by atoms with van der Waals surface area (Å²) in [6, 6.07) is 10.8. The van der Waals surface area contributed by atoms with E-state index >= 15 is 0 Å². The molecule has 0 spiro atoms. The number of hydrogen-bond acceptors (Lipinski definition) is 3. The lowest BCUT2D eigenvalue weighted by Gasteiger charge is -2.31. The highest BCUT2D eigenvalue weighted by molar-refractivity contribution is 6.33. The van der Waals surface area contributed by atoms with E-state index in [0.717, 1.165) is 12.1 Å². The third-order valence-corrected chi connectivity index (χ3v) is 5.45. The Bertz CT molecular complexity index is 821. The topological polar surface area (TPSA) is 54.8 Å². The van der Waals surface area contributed by atoms with Crippen LogP contribution in [-0.4, -0.2) is 59.0 Å². The highest BCUT2D eigenvalue weighted by Crippen LogP contribution is 2.19. The maximum atomic E-state index is 13.2. The number of halogens is 1. The smallest absolute Gasteiger partial charge is 0.256 e. The molecule has 7 heteroatoms. The number of hydrogen-bond donors (Lipinski definition) is 0. The van der Waals surface area contributed by atoms with Crippen LogP contribution >= 0.6 is 11.6 Å². The Hall–Kier alpha value is -2.31. The van der Waals surface area contributed by atoms with Crippen LogP contribution in [0.15, 0.2) is 42.6 Å². The zero-order valence-electron chi connectivity index (χ0n) is 17.6. The zero-order chi connectivity index (χ0) is 21.4. The average molecular weight is 420 g/mol. The Labute approximate surface area is 178 Å². The van der Waals surface area contributed by atoms with Crippen LogP contribution < -0.4 is 0 Å². The van der Waals surface area contributed by atoms with Gasteiger partial charge in [-0.15, -0.1) is 0 Å². The lowest BCUT2D eigenvalue weighted by atomic mass is 10.1. The summed E-state index contributed by atoms with van der Waals surface area (Å²) < 4.78 is 7.16. The molecule has 1 aromatic heterocycles. The Balaban J connectivity index is 2.22. The molecule has 158 valence electrons. The number of rotatable bonds is 10. The van der Waals surface area contributed by atoms with Crippen molar-refractivity contribution < 1.29 is 14.3 Å². The molecule has 1 atom stereocenters. The van der Waals surface area contributed by atoms with E-state index in [4.69, 9.17) is 16.3 Å². The van der Waals surface area contributed by atoms with Gasteiger partial charge in [0.2, 0.25) is 5.91 Å². The summed E-state index contributed by atoms with van der Waals surface area (Å²) in [7, 11) is 3.55. The van der Waals surface area contributed by atoms with E-state index in [1.807, 2.05) is 43.8 Å². The fourth-order valence-corrected chi connectivity index (χ4v) is 3.25. The maximum Gasteiger partial charge on any atom is 0.256 e. The van der Waals surface area contributed by atoms with Gasteiger partial charge in [0, 0.05) is 38.6 Å². The molecule has 0 aliphatic heterocycles. The van der Waals surface area contributed by atoms with Crippen LogP contribution in [0.25, 0.3) is 0 Å². The Morgan fingerprint density at radius 2 is 1.93 bits per heavy atom. The minimum Gasteiger partial charge on any atom is -0.383 e. The van der Waals surface area contributed by atoms with E-state index in [1.54, 1.807) is 41.2 Å². The SMILES string of the molecule is CC[C@@H](C)N(CC(=O)N(CCOC)Cc1cccn1C)C(=O)c1ccccc1Cl. The number of carbonyl (C=O) groups is 2. The second-order valence-corrected chi connectivity index (χ2v) is 7.50. The van der Waals surface area contributed by atoms with Crippen molar-refractivity contribution in [1.82, 2.24) is 14.4 Å². The number of amides is 2. The van der Waals surface area contributed by atoms with E-state index in [0.29, 0.717) is 30.3 Å². The molecule has 0 saturated heterocycles. The maximum absolute atomic E-state index is 13.2. The van der Waals surface area contributed by atoms with Crippen molar-refractivity contribution in [1.29, 1.82) is 0 Å². The monoisotopic (exact) mass is 419 g/mol. The molecular weight excluding hydrogens is 390 g/mol. The lowest BCUT2D eigenvalue weighted by Crippen LogP contribution is -2.47. The van der Waals surface area contributed by atoms with Gasteiger partial charge in [-0.2, -0.15) is 0 Å². The molecule has 0 N–H and O–H groups in total. The summed E-state index contributed by atoms with van der Waals surface area (Å²) in [5.74, 6) is -0.354. The zero-order valence-corrected chi connectivity index (χ0v) is 18.4. The van der Waals surface area contributed by atoms with Crippen LogP contribution in [0.5, 0.6) is 0 Å². The molecule has 2 aromatic rings. The van der Waals surface area contributed by atoms with Gasteiger partial charge in [0.1, 0.15) is 6.54 Å². The molecule has 0 fully saturated rings. The van der Waals surface area contributed by atoms with Gasteiger partial charge in [-0.3, -0.25) is 9.59 Å². The van der Waals surface area contributed by atoms with Crippen molar-refractivity contribution in [2.75, 3.05) is 26.8 Å². The summed E-state index contributed by atoms with van der Waals surface area (Å²) in [6.45, 7) is 5.27. The standard InChI is InChI=1S/C22H30ClN3O3/c1-5-17(2)26(22(28)19-10-6-7-11-20(19)23)16-21(27)25(13-14-29-4)15-18-9-8-12-24(18)3/h6-12,17H,5,13-16H2,1-4H3/t17-/m1/s1. The van der Waals surface area contributed by atoms with Crippen LogP contribution in [0, 0.1) is 0 Å². The molecule has 2 rings (SSSR count). The van der Waals surface area contributed by atoms with E-state index in [9.17, 15) is 9.59 Å². The Morgan fingerprint density at radius 1 is 1.21 bits per heavy atom. The van der Waals surface area contributed by atoms with E-state index in [2.05, 4.69) is 0 Å². The van der Waals surface area contributed by atoms with Gasteiger partial charge in [-0.1, -0.05) is 30.7 Å². The van der Waals surface area contributed by atoms with Gasteiger partial charge < -0.3 is 19.1 Å². The number of methoxy groups -OCH3 is 1. The van der Waals surface area contributed by atoms with Gasteiger partial charge in [-0.25, -0.2) is 0 Å². The highest BCUT2D eigenvalue weighted by Gasteiger charge is 2.27. The number of benzene rings is 1. The van der Waals surface area contributed by atoms with Crippen molar-refractivity contribution >= 4 is 23.4 Å². The largest absolute Gasteiger partial charge is 0.383 e. The van der Waals surface area contributed by atoms with Crippen LogP contribution in [0.2, 0.25) is 5.02 Å². The predicted molar refractivity (Wildman–Crippen MR) is 115 cm³/mol. The molecule has 0 unspecified atom stereocenters. The van der Waals surface area contributed by atoms with Gasteiger partial charge in [-0.05, 0) is 37.6 Å². The first kappa shape index (κ1) is 23.0. The van der Waals surface area contributed by atoms with Crippen molar-refractivity contribution in [2.24, 2.45) is 7.05 Å². The summed E-state index contributed by atoms with van der Waals surface area (Å²) in [5.41, 5.74) is 1.43. The third-order valence-electron chi connectivity index (χ3n) is 5.12. The quantitative estimate of drug-likeness (QED) is 0.591. The number of ether oxygens (including phenoxy) is 1. The lowest BCUT2D eigenvalue weighted by molar-refractivity contribution is -0.133. The van der Waals surface area contributed by atoms with E-state index in [1.165, 1.54) is 0 Å². The molecule has 0 saturated carbocycles. The first-order valence-corrected chi connectivity index (χ1v) is 10.2. The molecule has 0 bridgehead atoms. The first-order chi connectivity index (χ1) is 13.9. The second-order valence-electron chi connectivity index (χ2n) is 7.09. The van der Waals surface area contributed by atoms with Crippen molar-refractivity contribution in [3.63, 3.8) is 0 Å². The second kappa shape index (κ2) is 11.0. The normalized spacial score (nSPS) is 11.9. The summed E-state index contributed by atoms with van der Waals surface area (Å²) in [5, 5.41) is 0.387. The molecule has 0 radical (unpaired) electrons. The van der Waals surface area contributed by atoms with Crippen molar-refractivity contribution in [3.05, 3.63) is 58.9 Å². The van der Waals surface area contributed by atoms with Gasteiger partial charge in [0.25, 0.3) is 5.91 Å².